The summed E-state index contributed by atoms with van der Waals surface area (Å²) in [6.07, 6.45) is 2.65. The highest BCUT2D eigenvalue weighted by molar-refractivity contribution is 5.93. The van der Waals surface area contributed by atoms with Gasteiger partial charge in [0.1, 0.15) is 11.4 Å². The molecule has 6 heteroatoms. The summed E-state index contributed by atoms with van der Waals surface area (Å²) in [5, 5.41) is 11.9. The van der Waals surface area contributed by atoms with E-state index in [4.69, 9.17) is 5.11 Å². The highest BCUT2D eigenvalue weighted by Gasteiger charge is 2.50. The van der Waals surface area contributed by atoms with Gasteiger partial charge in [-0.2, -0.15) is 0 Å². The van der Waals surface area contributed by atoms with E-state index >= 15 is 0 Å². The third kappa shape index (κ3) is 2.27. The fourth-order valence-electron chi connectivity index (χ4n) is 1.62. The normalized spacial score (nSPS) is 15.9. The Bertz CT molecular complexity index is 478. The Kier molecular flexibility index (Phi) is 2.94. The van der Waals surface area contributed by atoms with E-state index in [0.717, 1.165) is 0 Å². The van der Waals surface area contributed by atoms with Crippen molar-refractivity contribution in [2.24, 2.45) is 0 Å². The highest BCUT2D eigenvalue weighted by Crippen LogP contribution is 2.38. The number of hydrogen-bond acceptors (Lipinski definition) is 4. The van der Waals surface area contributed by atoms with Gasteiger partial charge in [0.05, 0.1) is 5.56 Å². The number of pyridine rings is 1. The molecule has 0 bridgehead atoms. The van der Waals surface area contributed by atoms with Gasteiger partial charge in [-0.15, -0.1) is 0 Å². The van der Waals surface area contributed by atoms with E-state index in [1.807, 2.05) is 0 Å². The summed E-state index contributed by atoms with van der Waals surface area (Å²) in [7, 11) is 3.33. The number of nitrogens with zero attached hydrogens (tertiary/aromatic N) is 2. The van der Waals surface area contributed by atoms with Crippen molar-refractivity contribution in [2.75, 3.05) is 19.4 Å². The van der Waals surface area contributed by atoms with Crippen molar-refractivity contribution >= 4 is 17.7 Å². The lowest BCUT2D eigenvalue weighted by molar-refractivity contribution is -0.138. The second-order valence-corrected chi connectivity index (χ2v) is 4.64. The highest BCUT2D eigenvalue weighted by atomic mass is 16.4. The quantitative estimate of drug-likeness (QED) is 0.825. The molecule has 1 amide bonds. The summed E-state index contributed by atoms with van der Waals surface area (Å²) in [5.41, 5.74) is -0.384. The maximum Gasteiger partial charge on any atom is 0.329 e. The molecule has 0 spiro atoms. The van der Waals surface area contributed by atoms with Crippen molar-refractivity contribution in [3.8, 4) is 0 Å². The van der Waals surface area contributed by atoms with E-state index in [9.17, 15) is 9.59 Å². The van der Waals surface area contributed by atoms with Crippen LogP contribution in [0.2, 0.25) is 0 Å². The number of amides is 1. The first-order valence-electron chi connectivity index (χ1n) is 5.64. The average molecular weight is 249 g/mol. The third-order valence-electron chi connectivity index (χ3n) is 2.94. The molecular weight excluding hydrogens is 234 g/mol. The molecule has 0 unspecified atom stereocenters. The standard InChI is InChI=1S/C12H15N3O3/c1-15(2)10(16)8-3-4-9(13-7-8)14-12(5-6-12)11(17)18/h3-4,7H,5-6H2,1-2H3,(H,13,14)(H,17,18). The SMILES string of the molecule is CN(C)C(=O)c1ccc(NC2(C(=O)O)CC2)nc1. The molecule has 1 heterocycles. The molecule has 0 atom stereocenters. The van der Waals surface area contributed by atoms with Gasteiger partial charge in [0.15, 0.2) is 0 Å². The zero-order valence-corrected chi connectivity index (χ0v) is 10.3. The van der Waals surface area contributed by atoms with E-state index in [2.05, 4.69) is 10.3 Å². The van der Waals surface area contributed by atoms with Crippen LogP contribution in [-0.4, -0.2) is 46.5 Å². The number of aromatic nitrogens is 1. The fraction of sp³-hybridized carbons (Fsp3) is 0.417. The van der Waals surface area contributed by atoms with Crippen molar-refractivity contribution in [1.29, 1.82) is 0 Å². The van der Waals surface area contributed by atoms with Crippen LogP contribution in [0.5, 0.6) is 0 Å². The van der Waals surface area contributed by atoms with Crippen molar-refractivity contribution < 1.29 is 14.7 Å². The topological polar surface area (TPSA) is 82.5 Å². The molecule has 2 N–H and O–H groups in total. The molecule has 0 saturated heterocycles. The number of hydrogen-bond donors (Lipinski definition) is 2. The second-order valence-electron chi connectivity index (χ2n) is 4.64. The van der Waals surface area contributed by atoms with Crippen LogP contribution in [0.15, 0.2) is 18.3 Å². The van der Waals surface area contributed by atoms with Crippen molar-refractivity contribution in [1.82, 2.24) is 9.88 Å². The van der Waals surface area contributed by atoms with Crippen molar-refractivity contribution in [3.05, 3.63) is 23.9 Å². The molecule has 0 aliphatic heterocycles. The molecule has 1 fully saturated rings. The molecular formula is C12H15N3O3. The Labute approximate surface area is 105 Å². The average Bonchev–Trinajstić information content (AvgIpc) is 3.10. The molecule has 1 aliphatic rings. The number of anilines is 1. The third-order valence-corrected chi connectivity index (χ3v) is 2.94. The number of carboxylic acid groups (broad SMARTS) is 1. The molecule has 1 saturated carbocycles. The number of rotatable bonds is 4. The Morgan fingerprint density at radius 3 is 2.44 bits per heavy atom. The van der Waals surface area contributed by atoms with Crippen LogP contribution in [0.1, 0.15) is 23.2 Å². The summed E-state index contributed by atoms with van der Waals surface area (Å²) in [4.78, 5) is 28.2. The van der Waals surface area contributed by atoms with E-state index in [-0.39, 0.29) is 5.91 Å². The summed E-state index contributed by atoms with van der Waals surface area (Å²) >= 11 is 0. The van der Waals surface area contributed by atoms with E-state index in [0.29, 0.717) is 24.2 Å². The minimum absolute atomic E-state index is 0.131. The molecule has 1 aromatic rings. The lowest BCUT2D eigenvalue weighted by atomic mass is 10.2. The first-order chi connectivity index (χ1) is 8.44. The number of carboxylic acids is 1. The predicted molar refractivity (Wildman–Crippen MR) is 65.5 cm³/mol. The number of nitrogens with one attached hydrogen (secondary N) is 1. The predicted octanol–water partition coefficient (Wildman–Crippen LogP) is 0.812. The first-order valence-corrected chi connectivity index (χ1v) is 5.64. The van der Waals surface area contributed by atoms with Crippen molar-refractivity contribution in [3.63, 3.8) is 0 Å². The van der Waals surface area contributed by atoms with E-state index in [1.165, 1.54) is 11.1 Å². The van der Waals surface area contributed by atoms with Gasteiger partial charge >= 0.3 is 5.97 Å². The molecule has 0 aromatic carbocycles. The second kappa shape index (κ2) is 4.29. The lowest BCUT2D eigenvalue weighted by Gasteiger charge is -2.14. The van der Waals surface area contributed by atoms with Crippen molar-refractivity contribution in [2.45, 2.75) is 18.4 Å². The van der Waals surface area contributed by atoms with Crippen LogP contribution in [0.3, 0.4) is 0 Å². The monoisotopic (exact) mass is 249 g/mol. The van der Waals surface area contributed by atoms with E-state index < -0.39 is 11.5 Å². The van der Waals surface area contributed by atoms with Gasteiger partial charge in [-0.3, -0.25) is 4.79 Å². The van der Waals surface area contributed by atoms with E-state index in [1.54, 1.807) is 26.2 Å². The minimum atomic E-state index is -0.863. The van der Waals surface area contributed by atoms with Crippen LogP contribution < -0.4 is 5.32 Å². The van der Waals surface area contributed by atoms with Gasteiger partial charge in [-0.25, -0.2) is 9.78 Å². The summed E-state index contributed by atoms with van der Waals surface area (Å²) < 4.78 is 0. The summed E-state index contributed by atoms with van der Waals surface area (Å²) in [6.45, 7) is 0. The maximum absolute atomic E-state index is 11.6. The zero-order valence-electron chi connectivity index (χ0n) is 10.3. The Balaban J connectivity index is 2.09. The summed E-state index contributed by atoms with van der Waals surface area (Å²) in [6, 6.07) is 3.26. The zero-order chi connectivity index (χ0) is 13.3. The van der Waals surface area contributed by atoms with Crippen LogP contribution in [0, 0.1) is 0 Å². The van der Waals surface area contributed by atoms with Crippen LogP contribution in [0.25, 0.3) is 0 Å². The molecule has 2 rings (SSSR count). The van der Waals surface area contributed by atoms with Crippen LogP contribution in [0.4, 0.5) is 5.82 Å². The van der Waals surface area contributed by atoms with Gasteiger partial charge in [0.2, 0.25) is 0 Å². The largest absolute Gasteiger partial charge is 0.480 e. The number of carbonyl (C=O) groups is 2. The molecule has 18 heavy (non-hydrogen) atoms. The van der Waals surface area contributed by atoms with Gasteiger partial charge in [0.25, 0.3) is 5.91 Å². The molecule has 0 radical (unpaired) electrons. The Morgan fingerprint density at radius 1 is 1.39 bits per heavy atom. The summed E-state index contributed by atoms with van der Waals surface area (Å²) in [5.74, 6) is -0.517. The van der Waals surface area contributed by atoms with Crippen LogP contribution >= 0.6 is 0 Å². The van der Waals surface area contributed by atoms with Gasteiger partial charge < -0.3 is 15.3 Å². The van der Waals surface area contributed by atoms with Crippen LogP contribution in [-0.2, 0) is 4.79 Å². The Hall–Kier alpha value is -2.11. The smallest absolute Gasteiger partial charge is 0.329 e. The van der Waals surface area contributed by atoms with Gasteiger partial charge in [-0.05, 0) is 25.0 Å². The number of carbonyl (C=O) groups excluding carboxylic acids is 1. The lowest BCUT2D eigenvalue weighted by Crippen LogP contribution is -2.31. The van der Waals surface area contributed by atoms with Gasteiger partial charge in [0, 0.05) is 20.3 Å². The Morgan fingerprint density at radius 2 is 2.06 bits per heavy atom. The van der Waals surface area contributed by atoms with Gasteiger partial charge in [-0.1, -0.05) is 0 Å². The molecule has 1 aromatic heterocycles. The molecule has 1 aliphatic carbocycles. The minimum Gasteiger partial charge on any atom is -0.480 e. The first kappa shape index (κ1) is 12.3. The maximum atomic E-state index is 11.6. The fourth-order valence-corrected chi connectivity index (χ4v) is 1.62. The molecule has 96 valence electrons. The number of aliphatic carboxylic acids is 1. The molecule has 6 nitrogen and oxygen atoms in total.